The van der Waals surface area contributed by atoms with Crippen LogP contribution in [0, 0.1) is 4.77 Å². The summed E-state index contributed by atoms with van der Waals surface area (Å²) in [6, 6.07) is 1.47. The number of aromatic amines is 2. The minimum absolute atomic E-state index is 0.211. The third-order valence-corrected chi connectivity index (χ3v) is 3.05. The highest BCUT2D eigenvalue weighted by molar-refractivity contribution is 7.71. The summed E-state index contributed by atoms with van der Waals surface area (Å²) in [5, 5.41) is 3.94. The Balaban J connectivity index is 2.42. The number of hydrogen-bond acceptors (Lipinski definition) is 5. The van der Waals surface area contributed by atoms with E-state index in [0.29, 0.717) is 10.5 Å². The number of thiazole rings is 1. The molecule has 2 aromatic rings. The van der Waals surface area contributed by atoms with E-state index in [-0.39, 0.29) is 5.56 Å². The molecule has 0 saturated heterocycles. The normalized spacial score (nSPS) is 10.3. The predicted octanol–water partition coefficient (Wildman–Crippen LogP) is 1.99. The molecule has 3 N–H and O–H groups in total. The first-order chi connectivity index (χ1) is 7.69. The number of rotatable bonds is 3. The van der Waals surface area contributed by atoms with Crippen LogP contribution in [0.5, 0.6) is 0 Å². The molecule has 0 saturated carbocycles. The Bertz CT molecular complexity index is 570. The van der Waals surface area contributed by atoms with Crippen LogP contribution in [0.25, 0.3) is 10.6 Å². The van der Waals surface area contributed by atoms with Gasteiger partial charge in [-0.05, 0) is 19.1 Å². The van der Waals surface area contributed by atoms with Gasteiger partial charge in [-0.1, -0.05) is 11.3 Å². The van der Waals surface area contributed by atoms with Crippen molar-refractivity contribution in [3.8, 4) is 10.6 Å². The van der Waals surface area contributed by atoms with E-state index in [1.165, 1.54) is 17.4 Å². The number of H-pyrrole nitrogens is 2. The lowest BCUT2D eigenvalue weighted by atomic mass is 10.4. The molecule has 2 aromatic heterocycles. The van der Waals surface area contributed by atoms with Crippen molar-refractivity contribution in [3.63, 3.8) is 0 Å². The lowest BCUT2D eigenvalue weighted by molar-refractivity contribution is 1.10. The lowest BCUT2D eigenvalue weighted by Gasteiger charge is -1.96. The van der Waals surface area contributed by atoms with Gasteiger partial charge in [-0.3, -0.25) is 9.78 Å². The molecule has 0 amide bonds. The van der Waals surface area contributed by atoms with Crippen LogP contribution >= 0.6 is 23.6 Å². The second-order valence-corrected chi connectivity index (χ2v) is 4.50. The molecule has 2 rings (SSSR count). The van der Waals surface area contributed by atoms with Crippen molar-refractivity contribution < 1.29 is 0 Å². The van der Waals surface area contributed by atoms with Crippen LogP contribution in [-0.4, -0.2) is 21.5 Å². The van der Waals surface area contributed by atoms with Gasteiger partial charge in [0, 0.05) is 18.8 Å². The Labute approximate surface area is 101 Å². The molecule has 0 spiro atoms. The molecule has 0 aliphatic rings. The zero-order valence-electron chi connectivity index (χ0n) is 8.53. The smallest absolute Gasteiger partial charge is 0.252 e. The maximum atomic E-state index is 11.2. The zero-order chi connectivity index (χ0) is 11.5. The number of anilines is 1. The van der Waals surface area contributed by atoms with Crippen molar-refractivity contribution >= 4 is 28.7 Å². The topological polar surface area (TPSA) is 73.6 Å². The van der Waals surface area contributed by atoms with Crippen molar-refractivity contribution in [2.24, 2.45) is 0 Å². The van der Waals surface area contributed by atoms with Crippen LogP contribution in [0.1, 0.15) is 6.92 Å². The van der Waals surface area contributed by atoms with E-state index in [2.05, 4.69) is 20.3 Å². The molecule has 5 nitrogen and oxygen atoms in total. The molecular weight excluding hydrogens is 244 g/mol. The van der Waals surface area contributed by atoms with Crippen LogP contribution in [0.4, 0.5) is 5.13 Å². The van der Waals surface area contributed by atoms with Gasteiger partial charge in [0.2, 0.25) is 0 Å². The van der Waals surface area contributed by atoms with Crippen molar-refractivity contribution in [2.45, 2.75) is 6.92 Å². The van der Waals surface area contributed by atoms with Gasteiger partial charge in [0.1, 0.15) is 0 Å². The van der Waals surface area contributed by atoms with Crippen LogP contribution < -0.4 is 10.9 Å². The maximum absolute atomic E-state index is 11.2. The molecule has 0 fully saturated rings. The molecule has 84 valence electrons. The van der Waals surface area contributed by atoms with Crippen LogP contribution in [0.15, 0.2) is 17.1 Å². The van der Waals surface area contributed by atoms with E-state index in [4.69, 9.17) is 12.2 Å². The van der Waals surface area contributed by atoms with E-state index < -0.39 is 0 Å². The van der Waals surface area contributed by atoms with Gasteiger partial charge < -0.3 is 10.3 Å². The molecular formula is C9H10N4OS2. The third kappa shape index (κ3) is 2.37. The average molecular weight is 254 g/mol. The van der Waals surface area contributed by atoms with Crippen molar-refractivity contribution in [3.05, 3.63) is 27.4 Å². The molecule has 0 radical (unpaired) electrons. The van der Waals surface area contributed by atoms with Crippen molar-refractivity contribution in [1.82, 2.24) is 15.0 Å². The fourth-order valence-electron chi connectivity index (χ4n) is 1.23. The number of nitrogens with one attached hydrogen (secondary N) is 3. The summed E-state index contributed by atoms with van der Waals surface area (Å²) in [4.78, 5) is 21.7. The summed E-state index contributed by atoms with van der Waals surface area (Å²) in [6.07, 6.45) is 1.71. The SMILES string of the molecule is CCNc1ncc(-c2cc(=O)[nH]c(=S)[nH]2)s1. The third-order valence-electron chi connectivity index (χ3n) is 1.86. The minimum atomic E-state index is -0.211. The number of nitrogens with zero attached hydrogens (tertiary/aromatic N) is 1. The summed E-state index contributed by atoms with van der Waals surface area (Å²) >= 11 is 6.38. The molecule has 7 heteroatoms. The highest BCUT2D eigenvalue weighted by Crippen LogP contribution is 2.26. The van der Waals surface area contributed by atoms with Crippen LogP contribution in [0.2, 0.25) is 0 Å². The molecule has 0 unspecified atom stereocenters. The van der Waals surface area contributed by atoms with Crippen molar-refractivity contribution in [2.75, 3.05) is 11.9 Å². The zero-order valence-corrected chi connectivity index (χ0v) is 10.2. The van der Waals surface area contributed by atoms with Gasteiger partial charge >= 0.3 is 0 Å². The molecule has 0 atom stereocenters. The summed E-state index contributed by atoms with van der Waals surface area (Å²) < 4.78 is 0.320. The second-order valence-electron chi connectivity index (χ2n) is 3.06. The van der Waals surface area contributed by atoms with Gasteiger partial charge in [0.15, 0.2) is 9.90 Å². The van der Waals surface area contributed by atoms with E-state index >= 15 is 0 Å². The standard InChI is InChI=1S/C9H10N4OS2/c1-2-10-9-11-4-6(16-9)5-3-7(14)13-8(15)12-5/h3-4H,2H2,1H3,(H,10,11)(H2,12,13,14,15). The molecule has 0 aliphatic carbocycles. The Morgan fingerprint density at radius 2 is 2.38 bits per heavy atom. The summed E-state index contributed by atoms with van der Waals surface area (Å²) in [6.45, 7) is 2.82. The Kier molecular flexibility index (Phi) is 3.16. The van der Waals surface area contributed by atoms with Gasteiger partial charge in [0.05, 0.1) is 10.6 Å². The van der Waals surface area contributed by atoms with Gasteiger partial charge in [-0.25, -0.2) is 4.98 Å². The lowest BCUT2D eigenvalue weighted by Crippen LogP contribution is -2.05. The quantitative estimate of drug-likeness (QED) is 0.732. The first-order valence-corrected chi connectivity index (χ1v) is 5.95. The van der Waals surface area contributed by atoms with Gasteiger partial charge in [-0.2, -0.15) is 0 Å². The van der Waals surface area contributed by atoms with Crippen molar-refractivity contribution in [1.29, 1.82) is 0 Å². The molecule has 0 bridgehead atoms. The maximum Gasteiger partial charge on any atom is 0.252 e. The monoisotopic (exact) mass is 254 g/mol. The van der Waals surface area contributed by atoms with Crippen LogP contribution in [0.3, 0.4) is 0 Å². The first-order valence-electron chi connectivity index (χ1n) is 4.72. The Hall–Kier alpha value is -1.47. The molecule has 2 heterocycles. The largest absolute Gasteiger partial charge is 0.362 e. The second kappa shape index (κ2) is 4.58. The summed E-state index contributed by atoms with van der Waals surface area (Å²) in [5.41, 5.74) is 0.479. The molecule has 0 aromatic carbocycles. The van der Waals surface area contributed by atoms with Gasteiger partial charge in [0.25, 0.3) is 5.56 Å². The number of hydrogen-bond donors (Lipinski definition) is 3. The van der Waals surface area contributed by atoms with Crippen LogP contribution in [-0.2, 0) is 0 Å². The van der Waals surface area contributed by atoms with E-state index in [1.807, 2.05) is 6.92 Å². The predicted molar refractivity (Wildman–Crippen MR) is 67.5 cm³/mol. The first kappa shape index (κ1) is 11.0. The number of aromatic nitrogens is 3. The molecule has 16 heavy (non-hydrogen) atoms. The van der Waals surface area contributed by atoms with E-state index in [1.54, 1.807) is 6.20 Å². The Morgan fingerprint density at radius 3 is 3.06 bits per heavy atom. The minimum Gasteiger partial charge on any atom is -0.362 e. The molecule has 0 aliphatic heterocycles. The summed E-state index contributed by atoms with van der Waals surface area (Å²) in [7, 11) is 0. The average Bonchev–Trinajstić information content (AvgIpc) is 2.65. The van der Waals surface area contributed by atoms with E-state index in [9.17, 15) is 4.79 Å². The van der Waals surface area contributed by atoms with E-state index in [0.717, 1.165) is 16.6 Å². The summed E-state index contributed by atoms with van der Waals surface area (Å²) in [5.74, 6) is 0. The fraction of sp³-hybridized carbons (Fsp3) is 0.222. The highest BCUT2D eigenvalue weighted by Gasteiger charge is 2.04. The highest BCUT2D eigenvalue weighted by atomic mass is 32.1. The Morgan fingerprint density at radius 1 is 1.56 bits per heavy atom. The van der Waals surface area contributed by atoms with Gasteiger partial charge in [-0.15, -0.1) is 0 Å². The fourth-order valence-corrected chi connectivity index (χ4v) is 2.30.